The molecule has 0 bridgehead atoms. The van der Waals surface area contributed by atoms with Gasteiger partial charge in [-0.25, -0.2) is 18.8 Å². The van der Waals surface area contributed by atoms with Crippen LogP contribution in [0.25, 0.3) is 0 Å². The van der Waals surface area contributed by atoms with Gasteiger partial charge in [-0.2, -0.15) is 4.99 Å². The first-order valence-electron chi connectivity index (χ1n) is 15.3. The lowest BCUT2D eigenvalue weighted by Crippen LogP contribution is -2.54. The van der Waals surface area contributed by atoms with E-state index in [4.69, 9.17) is 4.74 Å². The summed E-state index contributed by atoms with van der Waals surface area (Å²) in [7, 11) is 1.30. The average Bonchev–Trinajstić information content (AvgIpc) is 3.23. The fourth-order valence-electron chi connectivity index (χ4n) is 6.05. The smallest absolute Gasteiger partial charge is 0.331 e. The van der Waals surface area contributed by atoms with E-state index in [0.717, 1.165) is 71.3 Å². The number of hydrogen-bond donors (Lipinski definition) is 3. The van der Waals surface area contributed by atoms with E-state index in [0.29, 0.717) is 18.5 Å². The van der Waals surface area contributed by atoms with Crippen molar-refractivity contribution in [3.05, 3.63) is 87.2 Å². The Kier molecular flexibility index (Phi) is 12.4. The van der Waals surface area contributed by atoms with Gasteiger partial charge in [-0.3, -0.25) is 4.79 Å². The molecule has 3 N–H and O–H groups in total. The van der Waals surface area contributed by atoms with E-state index in [-0.39, 0.29) is 11.3 Å². The molecule has 4 rings (SSSR count). The van der Waals surface area contributed by atoms with Crippen LogP contribution in [0.1, 0.15) is 82.3 Å². The number of halogens is 1. The summed E-state index contributed by atoms with van der Waals surface area (Å²) < 4.78 is 19.1. The lowest BCUT2D eigenvalue weighted by molar-refractivity contribution is -0.148. The molecule has 244 valence electrons. The molecule has 0 spiro atoms. The predicted octanol–water partition coefficient (Wildman–Crippen LogP) is 7.97. The summed E-state index contributed by atoms with van der Waals surface area (Å²) in [4.78, 5) is 52.4. The number of esters is 1. The van der Waals surface area contributed by atoms with Crippen LogP contribution in [0.4, 0.5) is 26.2 Å². The molecule has 10 heteroatoms. The van der Waals surface area contributed by atoms with Crippen LogP contribution < -0.4 is 16.0 Å². The molecule has 0 aromatic heterocycles. The van der Waals surface area contributed by atoms with Crippen molar-refractivity contribution < 1.29 is 28.3 Å². The van der Waals surface area contributed by atoms with E-state index >= 15 is 0 Å². The number of anilines is 2. The summed E-state index contributed by atoms with van der Waals surface area (Å²) in [5, 5.41) is 8.21. The van der Waals surface area contributed by atoms with Gasteiger partial charge in [0.25, 0.3) is 5.91 Å². The first kappa shape index (κ1) is 35.7. The Hall–Kier alpha value is -4.82. The van der Waals surface area contributed by atoms with Gasteiger partial charge >= 0.3 is 12.0 Å². The zero-order valence-corrected chi connectivity index (χ0v) is 27.7. The second-order valence-corrected chi connectivity index (χ2v) is 11.9. The number of carbonyl (C=O) groups is 3. The fraction of sp³-hybridized carbons (Fsp3) is 0.389. The fourth-order valence-corrected chi connectivity index (χ4v) is 6.05. The second kappa shape index (κ2) is 16.0. The molecule has 46 heavy (non-hydrogen) atoms. The Morgan fingerprint density at radius 2 is 1.35 bits per heavy atom. The Morgan fingerprint density at radius 1 is 0.804 bits per heavy atom. The van der Waals surface area contributed by atoms with Crippen LogP contribution in [0.5, 0.6) is 0 Å². The highest BCUT2D eigenvalue weighted by atomic mass is 19.1. The van der Waals surface area contributed by atoms with Gasteiger partial charge in [0.1, 0.15) is 11.4 Å². The van der Waals surface area contributed by atoms with Crippen molar-refractivity contribution in [3.63, 3.8) is 0 Å². The van der Waals surface area contributed by atoms with E-state index in [2.05, 4.69) is 20.9 Å². The zero-order valence-electron chi connectivity index (χ0n) is 27.7. The Bertz CT molecular complexity index is 1610. The van der Waals surface area contributed by atoms with Gasteiger partial charge in [-0.1, -0.05) is 61.1 Å². The van der Waals surface area contributed by atoms with Crippen LogP contribution in [0.3, 0.4) is 0 Å². The number of aliphatic imine (C=N–C) groups is 1. The van der Waals surface area contributed by atoms with Crippen molar-refractivity contribution in [2.24, 2.45) is 4.99 Å². The number of amides is 3. The summed E-state index contributed by atoms with van der Waals surface area (Å²) in [5.74, 6) is -1.68. The summed E-state index contributed by atoms with van der Waals surface area (Å²) in [6.07, 6.45) is 5.98. The number of aryl methyl sites for hydroxylation is 6. The predicted molar refractivity (Wildman–Crippen MR) is 178 cm³/mol. The Morgan fingerprint density at radius 3 is 1.87 bits per heavy atom. The van der Waals surface area contributed by atoms with Crippen LogP contribution in [0.2, 0.25) is 0 Å². The number of hydrogen-bond acceptors (Lipinski definition) is 6. The number of rotatable bonds is 6. The summed E-state index contributed by atoms with van der Waals surface area (Å²) in [6, 6.07) is 10.8. The molecule has 1 aliphatic carbocycles. The third kappa shape index (κ3) is 9.11. The maximum absolute atomic E-state index is 14.1. The van der Waals surface area contributed by atoms with E-state index in [1.807, 2.05) is 65.8 Å². The maximum Gasteiger partial charge on any atom is 0.331 e. The third-order valence-electron chi connectivity index (χ3n) is 8.07. The SMILES string of the molecule is COC(=O)C1(NC(=O)c2ccc(F)cc2NC(=O)Nc2c(C)cc(C)cc2C)CCCCCC1.Cc1cc(C)c(N=C=O)c(C)c1. The third-order valence-corrected chi connectivity index (χ3v) is 8.07. The highest BCUT2D eigenvalue weighted by molar-refractivity contribution is 6.08. The summed E-state index contributed by atoms with van der Waals surface area (Å²) in [5.41, 5.74) is 6.39. The molecule has 1 saturated carbocycles. The first-order valence-corrected chi connectivity index (χ1v) is 15.3. The molecule has 3 aromatic carbocycles. The first-order chi connectivity index (χ1) is 21.8. The van der Waals surface area contributed by atoms with Gasteiger partial charge in [0.15, 0.2) is 0 Å². The quantitative estimate of drug-likeness (QED) is 0.110. The number of nitrogens with zero attached hydrogens (tertiary/aromatic N) is 1. The average molecular weight is 631 g/mol. The molecule has 3 amide bonds. The van der Waals surface area contributed by atoms with Crippen molar-refractivity contribution in [3.8, 4) is 0 Å². The van der Waals surface area contributed by atoms with Crippen LogP contribution in [-0.2, 0) is 14.3 Å². The molecule has 0 saturated heterocycles. The van der Waals surface area contributed by atoms with Crippen LogP contribution in [0.15, 0.2) is 47.5 Å². The van der Waals surface area contributed by atoms with Crippen LogP contribution in [-0.4, -0.2) is 36.6 Å². The number of urea groups is 1. The van der Waals surface area contributed by atoms with Crippen LogP contribution in [0, 0.1) is 47.4 Å². The largest absolute Gasteiger partial charge is 0.467 e. The molecule has 0 atom stereocenters. The summed E-state index contributed by atoms with van der Waals surface area (Å²) >= 11 is 0. The molecule has 0 aliphatic heterocycles. The van der Waals surface area contributed by atoms with Gasteiger partial charge in [-0.05, 0) is 94.8 Å². The molecule has 0 radical (unpaired) electrons. The van der Waals surface area contributed by atoms with Crippen LogP contribution >= 0.6 is 0 Å². The molecule has 1 aliphatic rings. The van der Waals surface area contributed by atoms with Gasteiger partial charge in [-0.15, -0.1) is 0 Å². The highest BCUT2D eigenvalue weighted by Gasteiger charge is 2.41. The molecular weight excluding hydrogens is 587 g/mol. The van der Waals surface area contributed by atoms with Gasteiger partial charge < -0.3 is 20.7 Å². The maximum atomic E-state index is 14.1. The van der Waals surface area contributed by atoms with E-state index in [1.165, 1.54) is 18.7 Å². The molecule has 3 aromatic rings. The second-order valence-electron chi connectivity index (χ2n) is 11.9. The number of nitrogens with one attached hydrogen (secondary N) is 3. The van der Waals surface area contributed by atoms with Crippen molar-refractivity contribution in [1.82, 2.24) is 5.32 Å². The Labute approximate surface area is 270 Å². The minimum Gasteiger partial charge on any atom is -0.467 e. The molecule has 1 fully saturated rings. The molecule has 0 heterocycles. The zero-order chi connectivity index (χ0) is 34.0. The van der Waals surface area contributed by atoms with Crippen molar-refractivity contribution in [2.45, 2.75) is 85.6 Å². The van der Waals surface area contributed by atoms with E-state index < -0.39 is 29.3 Å². The normalized spacial score (nSPS) is 13.6. The highest BCUT2D eigenvalue weighted by Crippen LogP contribution is 2.30. The molecular formula is C36H43FN4O5. The van der Waals surface area contributed by atoms with Gasteiger partial charge in [0.05, 0.1) is 24.0 Å². The number of carbonyl (C=O) groups excluding carboxylic acids is 4. The van der Waals surface area contributed by atoms with Crippen molar-refractivity contribution in [2.75, 3.05) is 17.7 Å². The number of benzene rings is 3. The minimum atomic E-state index is -1.15. The van der Waals surface area contributed by atoms with E-state index in [1.54, 1.807) is 6.08 Å². The van der Waals surface area contributed by atoms with Crippen molar-refractivity contribution >= 4 is 41.0 Å². The number of methoxy groups -OCH3 is 1. The molecule has 9 nitrogen and oxygen atoms in total. The number of ether oxygens (including phenoxy) is 1. The van der Waals surface area contributed by atoms with E-state index in [9.17, 15) is 23.6 Å². The lowest BCUT2D eigenvalue weighted by Gasteiger charge is -2.31. The van der Waals surface area contributed by atoms with Gasteiger partial charge in [0, 0.05) is 5.69 Å². The standard InChI is InChI=1S/C26H32FN3O4.C10H11NO/c1-16-13-17(2)22(18(3)14-16)29-25(33)28-21-15-19(27)9-10-20(21)23(31)30-26(24(32)34-4)11-7-5-6-8-12-26;1-7-4-8(2)10(11-6-12)9(3)5-7/h9-10,13-15H,5-8,11-12H2,1-4H3,(H,30,31)(H2,28,29,33);4-5H,1-3H3. The lowest BCUT2D eigenvalue weighted by atomic mass is 9.89. The molecule has 0 unspecified atom stereocenters. The monoisotopic (exact) mass is 630 g/mol. The minimum absolute atomic E-state index is 0.00561. The Balaban J connectivity index is 0.000000402. The van der Waals surface area contributed by atoms with Crippen molar-refractivity contribution in [1.29, 1.82) is 0 Å². The van der Waals surface area contributed by atoms with Gasteiger partial charge in [0.2, 0.25) is 6.08 Å². The topological polar surface area (TPSA) is 126 Å². The number of isocyanates is 1. The summed E-state index contributed by atoms with van der Waals surface area (Å²) in [6.45, 7) is 11.6.